The van der Waals surface area contributed by atoms with E-state index in [1.54, 1.807) is 6.20 Å². The summed E-state index contributed by atoms with van der Waals surface area (Å²) in [5, 5.41) is 0.632. The Hall–Kier alpha value is -0.910. The van der Waals surface area contributed by atoms with Crippen molar-refractivity contribution in [3.05, 3.63) is 22.1 Å². The van der Waals surface area contributed by atoms with Gasteiger partial charge in [0.15, 0.2) is 10.4 Å². The molecule has 1 N–H and O–H groups in total. The number of fused-ring (bicyclic) bond motifs is 1. The second-order valence-electron chi connectivity index (χ2n) is 5.84. The summed E-state index contributed by atoms with van der Waals surface area (Å²) in [7, 11) is 0. The molecular formula is C15H21ClN4S. The molecule has 2 aromatic rings. The van der Waals surface area contributed by atoms with Crippen molar-refractivity contribution in [2.75, 3.05) is 13.1 Å². The van der Waals surface area contributed by atoms with Gasteiger partial charge in [-0.15, -0.1) is 0 Å². The number of aromatic amines is 1. The average molecular weight is 325 g/mol. The number of H-pyrrole nitrogens is 1. The minimum absolute atomic E-state index is 0.632. The SMILES string of the molecule is CC1CCCCN1CCCn1c(=S)[nH]c2cc(Cl)cnc21. The Morgan fingerprint density at radius 1 is 1.43 bits per heavy atom. The van der Waals surface area contributed by atoms with E-state index in [1.807, 2.05) is 6.07 Å². The smallest absolute Gasteiger partial charge is 0.179 e. The van der Waals surface area contributed by atoms with Crippen molar-refractivity contribution in [3.63, 3.8) is 0 Å². The minimum Gasteiger partial charge on any atom is -0.329 e. The van der Waals surface area contributed by atoms with E-state index in [9.17, 15) is 0 Å². The molecule has 114 valence electrons. The zero-order chi connectivity index (χ0) is 14.8. The Bertz CT molecular complexity index is 678. The molecule has 1 aliphatic rings. The van der Waals surface area contributed by atoms with Crippen LogP contribution in [0.3, 0.4) is 0 Å². The minimum atomic E-state index is 0.632. The highest BCUT2D eigenvalue weighted by Crippen LogP contribution is 2.18. The highest BCUT2D eigenvalue weighted by atomic mass is 35.5. The number of nitrogens with zero attached hydrogens (tertiary/aromatic N) is 3. The lowest BCUT2D eigenvalue weighted by molar-refractivity contribution is 0.157. The van der Waals surface area contributed by atoms with Gasteiger partial charge in [0.05, 0.1) is 10.5 Å². The number of piperidine rings is 1. The van der Waals surface area contributed by atoms with Gasteiger partial charge in [-0.1, -0.05) is 18.0 Å². The molecule has 0 saturated carbocycles. The van der Waals surface area contributed by atoms with Gasteiger partial charge in [-0.2, -0.15) is 0 Å². The van der Waals surface area contributed by atoms with E-state index in [0.717, 1.165) is 35.4 Å². The van der Waals surface area contributed by atoms with Crippen LogP contribution in [-0.4, -0.2) is 38.6 Å². The van der Waals surface area contributed by atoms with E-state index < -0.39 is 0 Å². The van der Waals surface area contributed by atoms with Crippen molar-refractivity contribution >= 4 is 35.0 Å². The number of aryl methyl sites for hydroxylation is 1. The van der Waals surface area contributed by atoms with E-state index in [1.165, 1.54) is 25.8 Å². The van der Waals surface area contributed by atoms with Crippen molar-refractivity contribution in [2.45, 2.75) is 45.2 Å². The van der Waals surface area contributed by atoms with Crippen LogP contribution in [0.2, 0.25) is 5.02 Å². The molecule has 1 unspecified atom stereocenters. The van der Waals surface area contributed by atoms with Crippen molar-refractivity contribution in [1.29, 1.82) is 0 Å². The van der Waals surface area contributed by atoms with Gasteiger partial charge < -0.3 is 14.5 Å². The maximum atomic E-state index is 5.97. The monoisotopic (exact) mass is 324 g/mol. The van der Waals surface area contributed by atoms with E-state index in [0.29, 0.717) is 11.1 Å². The zero-order valence-electron chi connectivity index (χ0n) is 12.3. The average Bonchev–Trinajstić information content (AvgIpc) is 2.76. The highest BCUT2D eigenvalue weighted by molar-refractivity contribution is 7.71. The highest BCUT2D eigenvalue weighted by Gasteiger charge is 2.17. The molecular weight excluding hydrogens is 304 g/mol. The maximum absolute atomic E-state index is 5.97. The fraction of sp³-hybridized carbons (Fsp3) is 0.600. The zero-order valence-corrected chi connectivity index (χ0v) is 13.9. The second kappa shape index (κ2) is 6.46. The summed E-state index contributed by atoms with van der Waals surface area (Å²) < 4.78 is 2.81. The van der Waals surface area contributed by atoms with Gasteiger partial charge in [-0.25, -0.2) is 4.98 Å². The summed E-state index contributed by atoms with van der Waals surface area (Å²) in [6.07, 6.45) is 6.80. The topological polar surface area (TPSA) is 36.9 Å². The molecule has 3 rings (SSSR count). The van der Waals surface area contributed by atoms with Crippen molar-refractivity contribution < 1.29 is 0 Å². The third kappa shape index (κ3) is 3.30. The van der Waals surface area contributed by atoms with Crippen molar-refractivity contribution in [2.24, 2.45) is 0 Å². The number of rotatable bonds is 4. The summed E-state index contributed by atoms with van der Waals surface area (Å²) >= 11 is 11.4. The van der Waals surface area contributed by atoms with E-state index >= 15 is 0 Å². The van der Waals surface area contributed by atoms with Gasteiger partial charge in [0.25, 0.3) is 0 Å². The Morgan fingerprint density at radius 3 is 3.10 bits per heavy atom. The number of hydrogen-bond acceptors (Lipinski definition) is 3. The lowest BCUT2D eigenvalue weighted by atomic mass is 10.0. The Morgan fingerprint density at radius 2 is 2.29 bits per heavy atom. The summed E-state index contributed by atoms with van der Waals surface area (Å²) in [6, 6.07) is 2.59. The number of aromatic nitrogens is 3. The van der Waals surface area contributed by atoms with E-state index in [4.69, 9.17) is 23.8 Å². The first kappa shape index (κ1) is 15.0. The molecule has 1 atom stereocenters. The fourth-order valence-corrected chi connectivity index (χ4v) is 3.59. The predicted octanol–water partition coefficient (Wildman–Crippen LogP) is 4.01. The van der Waals surface area contributed by atoms with Crippen LogP contribution in [0.4, 0.5) is 0 Å². The number of nitrogens with one attached hydrogen (secondary N) is 1. The van der Waals surface area contributed by atoms with Gasteiger partial charge in [0, 0.05) is 25.3 Å². The predicted molar refractivity (Wildman–Crippen MR) is 89.4 cm³/mol. The molecule has 2 aromatic heterocycles. The Kier molecular flexibility index (Phi) is 4.62. The normalized spacial score (nSPS) is 20.2. The van der Waals surface area contributed by atoms with Crippen molar-refractivity contribution in [3.8, 4) is 0 Å². The molecule has 0 aliphatic carbocycles. The van der Waals surface area contributed by atoms with Gasteiger partial charge in [-0.05, 0) is 51.0 Å². The first-order chi connectivity index (χ1) is 10.1. The van der Waals surface area contributed by atoms with E-state index in [-0.39, 0.29) is 0 Å². The summed E-state index contributed by atoms with van der Waals surface area (Å²) in [6.45, 7) is 5.59. The third-order valence-electron chi connectivity index (χ3n) is 4.34. The van der Waals surface area contributed by atoms with Crippen LogP contribution in [-0.2, 0) is 6.54 Å². The fourth-order valence-electron chi connectivity index (χ4n) is 3.15. The number of likely N-dealkylation sites (tertiary alicyclic amines) is 1. The molecule has 0 bridgehead atoms. The second-order valence-corrected chi connectivity index (χ2v) is 6.66. The quantitative estimate of drug-likeness (QED) is 0.863. The van der Waals surface area contributed by atoms with Crippen LogP contribution in [0, 0.1) is 4.77 Å². The molecule has 4 nitrogen and oxygen atoms in total. The lowest BCUT2D eigenvalue weighted by Gasteiger charge is -2.33. The van der Waals surface area contributed by atoms with Crippen LogP contribution in [0.5, 0.6) is 0 Å². The lowest BCUT2D eigenvalue weighted by Crippen LogP contribution is -2.38. The van der Waals surface area contributed by atoms with Gasteiger partial charge in [0.1, 0.15) is 0 Å². The molecule has 1 fully saturated rings. The van der Waals surface area contributed by atoms with Crippen LogP contribution in [0.25, 0.3) is 11.2 Å². The third-order valence-corrected chi connectivity index (χ3v) is 4.87. The Balaban J connectivity index is 1.68. The van der Waals surface area contributed by atoms with Gasteiger partial charge in [-0.3, -0.25) is 0 Å². The molecule has 1 saturated heterocycles. The molecule has 0 amide bonds. The van der Waals surface area contributed by atoms with Crippen LogP contribution in [0.15, 0.2) is 12.3 Å². The first-order valence-electron chi connectivity index (χ1n) is 7.63. The molecule has 0 aromatic carbocycles. The van der Waals surface area contributed by atoms with Crippen LogP contribution < -0.4 is 0 Å². The molecule has 0 radical (unpaired) electrons. The molecule has 1 aliphatic heterocycles. The Labute approximate surface area is 135 Å². The standard InChI is InChI=1S/C15H21ClN4S/c1-11-5-2-3-6-19(11)7-4-8-20-14-13(18-15(20)21)9-12(16)10-17-14/h9-11H,2-8H2,1H3,(H,18,21). The largest absolute Gasteiger partial charge is 0.329 e. The molecule has 21 heavy (non-hydrogen) atoms. The maximum Gasteiger partial charge on any atom is 0.179 e. The number of halogens is 1. The van der Waals surface area contributed by atoms with Crippen LogP contribution in [0.1, 0.15) is 32.6 Å². The summed E-state index contributed by atoms with van der Waals surface area (Å²) in [4.78, 5) is 10.2. The van der Waals surface area contributed by atoms with Crippen molar-refractivity contribution in [1.82, 2.24) is 19.4 Å². The summed E-state index contributed by atoms with van der Waals surface area (Å²) in [5.41, 5.74) is 1.81. The summed E-state index contributed by atoms with van der Waals surface area (Å²) in [5.74, 6) is 0. The van der Waals surface area contributed by atoms with Gasteiger partial charge >= 0.3 is 0 Å². The number of imidazole rings is 1. The number of hydrogen-bond donors (Lipinski definition) is 1. The first-order valence-corrected chi connectivity index (χ1v) is 8.42. The molecule has 6 heteroatoms. The molecule has 3 heterocycles. The number of pyridine rings is 1. The van der Waals surface area contributed by atoms with Gasteiger partial charge in [0.2, 0.25) is 0 Å². The molecule has 0 spiro atoms. The van der Waals surface area contributed by atoms with Crippen LogP contribution >= 0.6 is 23.8 Å². The van der Waals surface area contributed by atoms with E-state index in [2.05, 4.69) is 26.4 Å².